The molecule has 2 aromatic heterocycles. The van der Waals surface area contributed by atoms with Crippen molar-refractivity contribution in [3.05, 3.63) is 28.7 Å². The summed E-state index contributed by atoms with van der Waals surface area (Å²) in [5, 5.41) is 9.46. The molecule has 9 heteroatoms. The van der Waals surface area contributed by atoms with Gasteiger partial charge in [-0.05, 0) is 39.2 Å². The number of hydrogen-bond acceptors (Lipinski definition) is 6. The summed E-state index contributed by atoms with van der Waals surface area (Å²) in [4.78, 5) is 39.6. The van der Waals surface area contributed by atoms with E-state index in [0.29, 0.717) is 13.0 Å². The van der Waals surface area contributed by atoms with Gasteiger partial charge in [0.15, 0.2) is 12.3 Å². The van der Waals surface area contributed by atoms with E-state index in [1.165, 1.54) is 0 Å². The van der Waals surface area contributed by atoms with Crippen LogP contribution in [-0.2, 0) is 25.5 Å². The van der Waals surface area contributed by atoms with E-state index >= 15 is 0 Å². The number of aryl methyl sites for hydroxylation is 3. The van der Waals surface area contributed by atoms with Crippen LogP contribution in [0.3, 0.4) is 0 Å². The molecule has 2 amide bonds. The first-order chi connectivity index (χ1) is 13.3. The van der Waals surface area contributed by atoms with Gasteiger partial charge in [-0.2, -0.15) is 5.10 Å². The van der Waals surface area contributed by atoms with Crippen molar-refractivity contribution in [3.63, 3.8) is 0 Å². The Bertz CT molecular complexity index is 875. The molecular weight excluding hydrogens is 362 g/mol. The van der Waals surface area contributed by atoms with Gasteiger partial charge in [0.25, 0.3) is 5.91 Å². The Kier molecular flexibility index (Phi) is 7.48. The largest absolute Gasteiger partial charge is 0.456 e. The lowest BCUT2D eigenvalue weighted by Gasteiger charge is -2.11. The lowest BCUT2D eigenvalue weighted by molar-refractivity contribution is -0.148. The normalized spacial score (nSPS) is 10.7. The number of aromatic nitrogens is 3. The summed E-state index contributed by atoms with van der Waals surface area (Å²) in [6.07, 6.45) is 1.39. The van der Waals surface area contributed by atoms with Crippen LogP contribution in [0.25, 0.3) is 5.65 Å². The fourth-order valence-electron chi connectivity index (χ4n) is 2.81. The van der Waals surface area contributed by atoms with Crippen molar-refractivity contribution >= 4 is 23.4 Å². The number of ether oxygens (including phenoxy) is 1. The second-order valence-corrected chi connectivity index (χ2v) is 6.60. The molecule has 9 nitrogen and oxygen atoms in total. The van der Waals surface area contributed by atoms with E-state index in [2.05, 4.69) is 20.7 Å². The monoisotopic (exact) mass is 389 g/mol. The minimum Gasteiger partial charge on any atom is -0.456 e. The Labute approximate surface area is 163 Å². The van der Waals surface area contributed by atoms with Crippen LogP contribution >= 0.6 is 0 Å². The highest BCUT2D eigenvalue weighted by Crippen LogP contribution is 2.17. The van der Waals surface area contributed by atoms with Gasteiger partial charge in [-0.25, -0.2) is 9.50 Å². The van der Waals surface area contributed by atoms with Crippen molar-refractivity contribution in [3.8, 4) is 0 Å². The number of rotatable bonds is 9. The number of carbonyl (C=O) groups is 3. The Balaban J connectivity index is 1.80. The summed E-state index contributed by atoms with van der Waals surface area (Å²) < 4.78 is 6.75. The van der Waals surface area contributed by atoms with Crippen LogP contribution in [0, 0.1) is 20.8 Å². The van der Waals surface area contributed by atoms with E-state index in [1.807, 2.05) is 33.8 Å². The van der Waals surface area contributed by atoms with E-state index in [0.717, 1.165) is 34.7 Å². The molecule has 0 saturated heterocycles. The standard InChI is InChI=1S/C19H27N5O4/c1-5-8-20-17(25)10-21-18(26)11-28-19(27)7-6-15-13(3)22-16-9-12(2)23-24(16)14(15)4/h9H,5-8,10-11H2,1-4H3,(H,20,25)(H,21,26). The molecule has 0 saturated carbocycles. The molecule has 0 unspecified atom stereocenters. The average Bonchev–Trinajstić information content (AvgIpc) is 3.03. The first kappa shape index (κ1) is 21.3. The van der Waals surface area contributed by atoms with Crippen LogP contribution in [-0.4, -0.2) is 52.1 Å². The Hall–Kier alpha value is -2.97. The number of nitrogens with zero attached hydrogens (tertiary/aromatic N) is 3. The molecule has 0 fully saturated rings. The highest BCUT2D eigenvalue weighted by molar-refractivity contribution is 5.86. The summed E-state index contributed by atoms with van der Waals surface area (Å²) in [5.74, 6) is -1.27. The molecule has 2 N–H and O–H groups in total. The molecule has 0 aliphatic carbocycles. The molecule has 2 heterocycles. The maximum atomic E-state index is 12.0. The van der Waals surface area contributed by atoms with Crippen LogP contribution in [0.5, 0.6) is 0 Å². The predicted octanol–water partition coefficient (Wildman–Crippen LogP) is 0.773. The van der Waals surface area contributed by atoms with Gasteiger partial charge in [0, 0.05) is 30.4 Å². The average molecular weight is 389 g/mol. The van der Waals surface area contributed by atoms with Crippen LogP contribution < -0.4 is 10.6 Å². The minimum atomic E-state index is -0.512. The van der Waals surface area contributed by atoms with Crippen molar-refractivity contribution in [2.24, 2.45) is 0 Å². The molecule has 152 valence electrons. The van der Waals surface area contributed by atoms with E-state index in [-0.39, 0.29) is 18.9 Å². The van der Waals surface area contributed by atoms with Crippen LogP contribution in [0.4, 0.5) is 0 Å². The van der Waals surface area contributed by atoms with Crippen molar-refractivity contribution in [1.29, 1.82) is 0 Å². The van der Waals surface area contributed by atoms with Gasteiger partial charge in [0.05, 0.1) is 12.2 Å². The van der Waals surface area contributed by atoms with Gasteiger partial charge in [0.2, 0.25) is 5.91 Å². The third kappa shape index (κ3) is 5.77. The minimum absolute atomic E-state index is 0.124. The van der Waals surface area contributed by atoms with E-state index < -0.39 is 18.5 Å². The molecule has 0 radical (unpaired) electrons. The quantitative estimate of drug-likeness (QED) is 0.612. The van der Waals surface area contributed by atoms with Gasteiger partial charge in [-0.15, -0.1) is 0 Å². The van der Waals surface area contributed by atoms with Crippen molar-refractivity contribution in [1.82, 2.24) is 25.2 Å². The molecule has 28 heavy (non-hydrogen) atoms. The summed E-state index contributed by atoms with van der Waals surface area (Å²) in [6.45, 7) is 7.68. The number of hydrogen-bond donors (Lipinski definition) is 2. The maximum Gasteiger partial charge on any atom is 0.306 e. The third-order valence-electron chi connectivity index (χ3n) is 4.25. The molecule has 0 aliphatic rings. The lowest BCUT2D eigenvalue weighted by Crippen LogP contribution is -2.38. The third-order valence-corrected chi connectivity index (χ3v) is 4.25. The zero-order valence-electron chi connectivity index (χ0n) is 16.8. The van der Waals surface area contributed by atoms with Crippen LogP contribution in [0.2, 0.25) is 0 Å². The predicted molar refractivity (Wildman–Crippen MR) is 103 cm³/mol. The zero-order chi connectivity index (χ0) is 20.7. The molecule has 0 bridgehead atoms. The Morgan fingerprint density at radius 2 is 1.89 bits per heavy atom. The topological polar surface area (TPSA) is 115 Å². The summed E-state index contributed by atoms with van der Waals surface area (Å²) >= 11 is 0. The first-order valence-corrected chi connectivity index (χ1v) is 9.33. The van der Waals surface area contributed by atoms with Gasteiger partial charge >= 0.3 is 5.97 Å². The summed E-state index contributed by atoms with van der Waals surface area (Å²) in [6, 6.07) is 1.90. The molecule has 2 rings (SSSR count). The smallest absolute Gasteiger partial charge is 0.306 e. The molecule has 0 aromatic carbocycles. The molecular formula is C19H27N5O4. The number of nitrogens with one attached hydrogen (secondary N) is 2. The van der Waals surface area contributed by atoms with Crippen molar-refractivity contribution < 1.29 is 19.1 Å². The molecule has 0 aliphatic heterocycles. The van der Waals surface area contributed by atoms with Crippen molar-refractivity contribution in [2.75, 3.05) is 19.7 Å². The number of fused-ring (bicyclic) bond motifs is 1. The fraction of sp³-hybridized carbons (Fsp3) is 0.526. The summed E-state index contributed by atoms with van der Waals surface area (Å²) in [5.41, 5.74) is 4.36. The second-order valence-electron chi connectivity index (χ2n) is 6.60. The zero-order valence-corrected chi connectivity index (χ0v) is 16.8. The van der Waals surface area contributed by atoms with Gasteiger partial charge < -0.3 is 15.4 Å². The molecule has 0 atom stereocenters. The van der Waals surface area contributed by atoms with Gasteiger partial charge in [0.1, 0.15) is 0 Å². The van der Waals surface area contributed by atoms with E-state index in [1.54, 1.807) is 4.52 Å². The highest BCUT2D eigenvalue weighted by atomic mass is 16.5. The van der Waals surface area contributed by atoms with Gasteiger partial charge in [-0.1, -0.05) is 6.92 Å². The lowest BCUT2D eigenvalue weighted by atomic mass is 10.1. The van der Waals surface area contributed by atoms with Crippen LogP contribution in [0.1, 0.15) is 42.4 Å². The Morgan fingerprint density at radius 1 is 1.14 bits per heavy atom. The van der Waals surface area contributed by atoms with E-state index in [4.69, 9.17) is 4.74 Å². The van der Waals surface area contributed by atoms with Crippen molar-refractivity contribution in [2.45, 2.75) is 47.0 Å². The number of carbonyl (C=O) groups excluding carboxylic acids is 3. The summed E-state index contributed by atoms with van der Waals surface area (Å²) in [7, 11) is 0. The second kappa shape index (κ2) is 9.82. The van der Waals surface area contributed by atoms with Crippen LogP contribution in [0.15, 0.2) is 6.07 Å². The maximum absolute atomic E-state index is 12.0. The molecule has 0 spiro atoms. The number of amides is 2. The SMILES string of the molecule is CCCNC(=O)CNC(=O)COC(=O)CCc1c(C)nc2cc(C)nn2c1C. The number of esters is 1. The molecule has 2 aromatic rings. The highest BCUT2D eigenvalue weighted by Gasteiger charge is 2.14. The van der Waals surface area contributed by atoms with Gasteiger partial charge in [-0.3, -0.25) is 14.4 Å². The Morgan fingerprint density at radius 3 is 2.61 bits per heavy atom. The first-order valence-electron chi connectivity index (χ1n) is 9.33. The fourth-order valence-corrected chi connectivity index (χ4v) is 2.81. The van der Waals surface area contributed by atoms with E-state index in [9.17, 15) is 14.4 Å².